The number of hydrogen-bond donors (Lipinski definition) is 2. The van der Waals surface area contributed by atoms with Crippen LogP contribution in [0.2, 0.25) is 0 Å². The van der Waals surface area contributed by atoms with E-state index in [0.717, 1.165) is 0 Å². The van der Waals surface area contributed by atoms with Crippen molar-refractivity contribution < 1.29 is 17.9 Å². The fraction of sp³-hybridized carbons (Fsp3) is 0.833. The van der Waals surface area contributed by atoms with Crippen molar-refractivity contribution in [3.63, 3.8) is 0 Å². The zero-order chi connectivity index (χ0) is 11.2. The monoisotopic (exact) mass is 244 g/mol. The molecule has 0 spiro atoms. The van der Waals surface area contributed by atoms with Crippen LogP contribution in [0.4, 0.5) is 4.79 Å². The molecule has 84 valence electrons. The van der Waals surface area contributed by atoms with Crippen molar-refractivity contribution in [3.05, 3.63) is 0 Å². The van der Waals surface area contributed by atoms with Crippen molar-refractivity contribution in [2.75, 3.05) is 12.4 Å². The van der Waals surface area contributed by atoms with Crippen LogP contribution in [0.25, 0.3) is 0 Å². The van der Waals surface area contributed by atoms with Gasteiger partial charge in [0, 0.05) is 12.4 Å². The summed E-state index contributed by atoms with van der Waals surface area (Å²) in [6.45, 7) is 3.27. The smallest absolute Gasteiger partial charge is 0.422 e. The highest BCUT2D eigenvalue weighted by Gasteiger charge is 2.14. The number of nitrogens with one attached hydrogen (secondary N) is 2. The van der Waals surface area contributed by atoms with Crippen LogP contribution in [-0.2, 0) is 14.9 Å². The Balaban J connectivity index is 4.03. The van der Waals surface area contributed by atoms with Gasteiger partial charge in [-0.15, -0.1) is 11.6 Å². The van der Waals surface area contributed by atoms with Crippen molar-refractivity contribution in [2.24, 2.45) is 0 Å². The standard InChI is InChI=1S/C6H13ClN2O4S/c1-5(2)13-6(10)9-14(11,12)8-4-3-7/h5,8H,3-4H2,1-2H3,(H,9,10). The van der Waals surface area contributed by atoms with E-state index in [9.17, 15) is 13.2 Å². The molecule has 0 aromatic rings. The third-order valence-corrected chi connectivity index (χ3v) is 2.16. The molecule has 0 saturated heterocycles. The van der Waals surface area contributed by atoms with E-state index in [1.165, 1.54) is 0 Å². The number of amides is 1. The van der Waals surface area contributed by atoms with Crippen LogP contribution in [0.5, 0.6) is 0 Å². The Hall–Kier alpha value is -0.530. The number of rotatable bonds is 5. The SMILES string of the molecule is CC(C)OC(=O)NS(=O)(=O)NCCCl. The molecule has 0 aromatic heterocycles. The van der Waals surface area contributed by atoms with Gasteiger partial charge in [-0.1, -0.05) is 0 Å². The molecule has 0 radical (unpaired) electrons. The molecule has 2 N–H and O–H groups in total. The van der Waals surface area contributed by atoms with Crippen molar-refractivity contribution in [1.82, 2.24) is 9.44 Å². The Labute approximate surface area is 88.1 Å². The first-order valence-corrected chi connectivity index (χ1v) is 5.93. The first-order chi connectivity index (χ1) is 6.37. The van der Waals surface area contributed by atoms with Gasteiger partial charge in [-0.25, -0.2) is 9.52 Å². The Morgan fingerprint density at radius 1 is 1.50 bits per heavy atom. The van der Waals surface area contributed by atoms with E-state index in [1.54, 1.807) is 18.6 Å². The van der Waals surface area contributed by atoms with Crippen LogP contribution in [0.15, 0.2) is 0 Å². The van der Waals surface area contributed by atoms with Crippen LogP contribution >= 0.6 is 11.6 Å². The number of carbonyl (C=O) groups excluding carboxylic acids is 1. The van der Waals surface area contributed by atoms with Gasteiger partial charge >= 0.3 is 16.3 Å². The molecule has 0 aliphatic carbocycles. The Kier molecular flexibility index (Phi) is 5.82. The van der Waals surface area contributed by atoms with Gasteiger partial charge in [0.25, 0.3) is 0 Å². The molecule has 0 aliphatic heterocycles. The van der Waals surface area contributed by atoms with Crippen molar-refractivity contribution in [1.29, 1.82) is 0 Å². The minimum absolute atomic E-state index is 0.0475. The number of alkyl halides is 1. The quantitative estimate of drug-likeness (QED) is 0.677. The van der Waals surface area contributed by atoms with Gasteiger partial charge in [0.05, 0.1) is 6.10 Å². The van der Waals surface area contributed by atoms with Gasteiger partial charge in [-0.2, -0.15) is 13.1 Å². The topological polar surface area (TPSA) is 84.5 Å². The largest absolute Gasteiger partial charge is 0.446 e. The molecule has 0 fully saturated rings. The molecule has 14 heavy (non-hydrogen) atoms. The number of halogens is 1. The second kappa shape index (κ2) is 6.05. The van der Waals surface area contributed by atoms with Crippen LogP contribution < -0.4 is 9.44 Å². The summed E-state index contributed by atoms with van der Waals surface area (Å²) in [4.78, 5) is 10.8. The maximum absolute atomic E-state index is 11.0. The van der Waals surface area contributed by atoms with Crippen molar-refractivity contribution >= 4 is 27.9 Å². The summed E-state index contributed by atoms with van der Waals surface area (Å²) in [5.74, 6) is 0.125. The highest BCUT2D eigenvalue weighted by Crippen LogP contribution is 1.89. The number of carbonyl (C=O) groups is 1. The van der Waals surface area contributed by atoms with Crippen LogP contribution in [0.3, 0.4) is 0 Å². The van der Waals surface area contributed by atoms with Crippen molar-refractivity contribution in [2.45, 2.75) is 20.0 Å². The highest BCUT2D eigenvalue weighted by molar-refractivity contribution is 7.88. The van der Waals surface area contributed by atoms with Crippen LogP contribution in [0.1, 0.15) is 13.8 Å². The van der Waals surface area contributed by atoms with E-state index in [4.69, 9.17) is 11.6 Å². The lowest BCUT2D eigenvalue weighted by Gasteiger charge is -2.09. The minimum Gasteiger partial charge on any atom is -0.446 e. The summed E-state index contributed by atoms with van der Waals surface area (Å²) in [5, 5.41) is 0. The lowest BCUT2D eigenvalue weighted by Crippen LogP contribution is -2.41. The predicted octanol–water partition coefficient (Wildman–Crippen LogP) is 0.194. The second-order valence-electron chi connectivity index (χ2n) is 2.64. The fourth-order valence-electron chi connectivity index (χ4n) is 0.557. The summed E-state index contributed by atoms with van der Waals surface area (Å²) < 4.78 is 30.3. The number of ether oxygens (including phenoxy) is 1. The van der Waals surface area contributed by atoms with E-state index >= 15 is 0 Å². The van der Waals surface area contributed by atoms with Gasteiger partial charge in [0.2, 0.25) is 0 Å². The first kappa shape index (κ1) is 13.5. The molecule has 0 aromatic carbocycles. The molecule has 0 rings (SSSR count). The molecule has 0 atom stereocenters. The van der Waals surface area contributed by atoms with E-state index in [2.05, 4.69) is 4.74 Å². The Morgan fingerprint density at radius 3 is 2.50 bits per heavy atom. The molecule has 0 bridgehead atoms. The molecule has 8 heteroatoms. The van der Waals surface area contributed by atoms with Crippen molar-refractivity contribution in [3.8, 4) is 0 Å². The molecule has 1 amide bonds. The Morgan fingerprint density at radius 2 is 2.07 bits per heavy atom. The minimum atomic E-state index is -3.85. The van der Waals surface area contributed by atoms with Gasteiger partial charge in [0.1, 0.15) is 0 Å². The van der Waals surface area contributed by atoms with Gasteiger partial charge < -0.3 is 4.74 Å². The summed E-state index contributed by atoms with van der Waals surface area (Å²) in [6.07, 6.45) is -1.39. The third kappa shape index (κ3) is 6.93. The second-order valence-corrected chi connectivity index (χ2v) is 4.52. The molecule has 0 aliphatic rings. The van der Waals surface area contributed by atoms with E-state index in [0.29, 0.717) is 0 Å². The molecule has 0 unspecified atom stereocenters. The van der Waals surface area contributed by atoms with Crippen LogP contribution in [-0.4, -0.2) is 33.0 Å². The third-order valence-electron chi connectivity index (χ3n) is 0.947. The lowest BCUT2D eigenvalue weighted by molar-refractivity contribution is 0.121. The Bertz CT molecular complexity index is 278. The van der Waals surface area contributed by atoms with Gasteiger partial charge in [-0.3, -0.25) is 0 Å². The molecular formula is C6H13ClN2O4S. The summed E-state index contributed by atoms with van der Waals surface area (Å²) in [6, 6.07) is 0. The zero-order valence-electron chi connectivity index (χ0n) is 7.91. The molecule has 0 saturated carbocycles. The van der Waals surface area contributed by atoms with Gasteiger partial charge in [0.15, 0.2) is 0 Å². The maximum Gasteiger partial charge on any atom is 0.422 e. The van der Waals surface area contributed by atoms with Gasteiger partial charge in [-0.05, 0) is 13.8 Å². The normalized spacial score (nSPS) is 11.4. The zero-order valence-corrected chi connectivity index (χ0v) is 9.48. The maximum atomic E-state index is 11.0. The predicted molar refractivity (Wildman–Crippen MR) is 52.4 cm³/mol. The molecular weight excluding hydrogens is 232 g/mol. The summed E-state index contributed by atoms with van der Waals surface area (Å²) in [5.41, 5.74) is 0. The van der Waals surface area contributed by atoms with E-state index in [1.807, 2.05) is 4.72 Å². The molecule has 6 nitrogen and oxygen atoms in total. The highest BCUT2D eigenvalue weighted by atomic mass is 35.5. The lowest BCUT2D eigenvalue weighted by atomic mass is 10.5. The van der Waals surface area contributed by atoms with Crippen LogP contribution in [0, 0.1) is 0 Å². The van der Waals surface area contributed by atoms with E-state index < -0.39 is 16.3 Å². The fourth-order valence-corrected chi connectivity index (χ4v) is 1.47. The van der Waals surface area contributed by atoms with E-state index in [-0.39, 0.29) is 18.5 Å². The average Bonchev–Trinajstić information content (AvgIpc) is 1.98. The molecule has 0 heterocycles. The summed E-state index contributed by atoms with van der Waals surface area (Å²) in [7, 11) is -3.85. The average molecular weight is 245 g/mol. The summed E-state index contributed by atoms with van der Waals surface area (Å²) >= 11 is 5.26. The first-order valence-electron chi connectivity index (χ1n) is 3.91. The number of hydrogen-bond acceptors (Lipinski definition) is 4.